The lowest BCUT2D eigenvalue weighted by Crippen LogP contribution is -2.17. The highest BCUT2D eigenvalue weighted by molar-refractivity contribution is 5.97. The minimum atomic E-state index is 0.109. The fourth-order valence-corrected chi connectivity index (χ4v) is 1.87. The highest BCUT2D eigenvalue weighted by Gasteiger charge is 2.19. The van der Waals surface area contributed by atoms with Crippen molar-refractivity contribution in [3.63, 3.8) is 0 Å². The van der Waals surface area contributed by atoms with Gasteiger partial charge in [-0.15, -0.1) is 0 Å². The van der Waals surface area contributed by atoms with Crippen LogP contribution in [0.15, 0.2) is 6.20 Å². The average molecular weight is 220 g/mol. The van der Waals surface area contributed by atoms with E-state index in [1.54, 1.807) is 13.3 Å². The second-order valence-electron chi connectivity index (χ2n) is 4.17. The third-order valence-electron chi connectivity index (χ3n) is 2.91. The summed E-state index contributed by atoms with van der Waals surface area (Å²) in [6.07, 6.45) is 4.89. The lowest BCUT2D eigenvalue weighted by molar-refractivity contribution is 0.0970. The third-order valence-corrected chi connectivity index (χ3v) is 2.91. The monoisotopic (exact) mass is 220 g/mol. The van der Waals surface area contributed by atoms with Crippen LogP contribution in [0.2, 0.25) is 0 Å². The summed E-state index contributed by atoms with van der Waals surface area (Å²) in [6.45, 7) is 1.98. The molecule has 4 nitrogen and oxygen atoms in total. The van der Waals surface area contributed by atoms with E-state index >= 15 is 0 Å². The van der Waals surface area contributed by atoms with E-state index in [9.17, 15) is 4.79 Å². The van der Waals surface area contributed by atoms with E-state index in [2.05, 4.69) is 9.97 Å². The lowest BCUT2D eigenvalue weighted by atomic mass is 9.96. The summed E-state index contributed by atoms with van der Waals surface area (Å²) in [4.78, 5) is 20.2. The maximum absolute atomic E-state index is 11.6. The van der Waals surface area contributed by atoms with Crippen LogP contribution in [-0.2, 0) is 17.6 Å². The topological polar surface area (TPSA) is 52.1 Å². The van der Waals surface area contributed by atoms with E-state index in [0.29, 0.717) is 18.4 Å². The SMILES string of the molecule is COC(C)Cc1ncc2c(n1)CCCC2=O. The molecule has 0 amide bonds. The van der Waals surface area contributed by atoms with Gasteiger partial charge >= 0.3 is 0 Å². The maximum atomic E-state index is 11.6. The number of ether oxygens (including phenoxy) is 1. The summed E-state index contributed by atoms with van der Waals surface area (Å²) in [5, 5.41) is 0. The molecule has 4 heteroatoms. The van der Waals surface area contributed by atoms with Crippen LogP contribution in [0.4, 0.5) is 0 Å². The number of nitrogens with zero attached hydrogens (tertiary/aromatic N) is 2. The molecular formula is C12H16N2O2. The fraction of sp³-hybridized carbons (Fsp3) is 0.583. The third kappa shape index (κ3) is 2.27. The number of aryl methyl sites for hydroxylation is 1. The van der Waals surface area contributed by atoms with Crippen molar-refractivity contribution < 1.29 is 9.53 Å². The molecule has 0 bridgehead atoms. The number of aromatic nitrogens is 2. The summed E-state index contributed by atoms with van der Waals surface area (Å²) >= 11 is 0. The van der Waals surface area contributed by atoms with Gasteiger partial charge in [-0.1, -0.05) is 0 Å². The zero-order chi connectivity index (χ0) is 11.5. The van der Waals surface area contributed by atoms with Crippen molar-refractivity contribution in [1.29, 1.82) is 0 Å². The Morgan fingerprint density at radius 2 is 2.31 bits per heavy atom. The number of rotatable bonds is 3. The molecule has 1 unspecified atom stereocenters. The van der Waals surface area contributed by atoms with E-state index in [4.69, 9.17) is 4.74 Å². The Morgan fingerprint density at radius 3 is 3.06 bits per heavy atom. The van der Waals surface area contributed by atoms with Crippen molar-refractivity contribution in [2.24, 2.45) is 0 Å². The van der Waals surface area contributed by atoms with Crippen LogP contribution in [-0.4, -0.2) is 29.0 Å². The van der Waals surface area contributed by atoms with Gasteiger partial charge in [-0.05, 0) is 19.8 Å². The summed E-state index contributed by atoms with van der Waals surface area (Å²) in [7, 11) is 1.67. The molecule has 0 N–H and O–H groups in total. The predicted molar refractivity (Wildman–Crippen MR) is 59.5 cm³/mol. The smallest absolute Gasteiger partial charge is 0.166 e. The Balaban J connectivity index is 2.22. The van der Waals surface area contributed by atoms with Crippen LogP contribution in [0.3, 0.4) is 0 Å². The largest absolute Gasteiger partial charge is 0.381 e. The predicted octanol–water partition coefficient (Wildman–Crippen LogP) is 1.57. The highest BCUT2D eigenvalue weighted by atomic mass is 16.5. The first-order chi connectivity index (χ1) is 7.70. The second-order valence-corrected chi connectivity index (χ2v) is 4.17. The molecule has 0 aromatic carbocycles. The van der Waals surface area contributed by atoms with Gasteiger partial charge < -0.3 is 4.74 Å². The minimum Gasteiger partial charge on any atom is -0.381 e. The van der Waals surface area contributed by atoms with Gasteiger partial charge in [0.1, 0.15) is 5.82 Å². The number of hydrogen-bond donors (Lipinski definition) is 0. The Morgan fingerprint density at radius 1 is 1.50 bits per heavy atom. The molecule has 2 rings (SSSR count). The number of hydrogen-bond acceptors (Lipinski definition) is 4. The van der Waals surface area contributed by atoms with Gasteiger partial charge in [0, 0.05) is 26.1 Å². The number of Topliss-reactive ketones (excluding diaryl/α,β-unsaturated/α-hetero) is 1. The molecule has 1 aliphatic carbocycles. The van der Waals surface area contributed by atoms with Crippen LogP contribution >= 0.6 is 0 Å². The standard InChI is InChI=1S/C12H16N2O2/c1-8(16-2)6-12-13-7-9-10(14-12)4-3-5-11(9)15/h7-8H,3-6H2,1-2H3. The fourth-order valence-electron chi connectivity index (χ4n) is 1.87. The molecule has 0 spiro atoms. The Bertz CT molecular complexity index is 404. The molecule has 1 aromatic rings. The van der Waals surface area contributed by atoms with E-state index in [0.717, 1.165) is 24.4 Å². The quantitative estimate of drug-likeness (QED) is 0.776. The van der Waals surface area contributed by atoms with Gasteiger partial charge in [0.15, 0.2) is 5.78 Å². The van der Waals surface area contributed by atoms with Crippen molar-refractivity contribution in [3.05, 3.63) is 23.3 Å². The molecule has 0 saturated heterocycles. The van der Waals surface area contributed by atoms with Gasteiger partial charge in [0.05, 0.1) is 17.4 Å². The molecule has 1 aliphatic rings. The van der Waals surface area contributed by atoms with Gasteiger partial charge in [-0.2, -0.15) is 0 Å². The van der Waals surface area contributed by atoms with Crippen LogP contribution in [0.25, 0.3) is 0 Å². The number of methoxy groups -OCH3 is 1. The Kier molecular flexibility index (Phi) is 3.29. The first-order valence-electron chi connectivity index (χ1n) is 5.61. The summed E-state index contributed by atoms with van der Waals surface area (Å²) in [5.41, 5.74) is 1.62. The highest BCUT2D eigenvalue weighted by Crippen LogP contribution is 2.18. The van der Waals surface area contributed by atoms with E-state index in [-0.39, 0.29) is 11.9 Å². The van der Waals surface area contributed by atoms with Crippen molar-refractivity contribution >= 4 is 5.78 Å². The van der Waals surface area contributed by atoms with Crippen molar-refractivity contribution in [2.75, 3.05) is 7.11 Å². The van der Waals surface area contributed by atoms with Crippen LogP contribution in [0.5, 0.6) is 0 Å². The van der Waals surface area contributed by atoms with Crippen LogP contribution in [0.1, 0.15) is 41.6 Å². The first-order valence-corrected chi connectivity index (χ1v) is 5.61. The van der Waals surface area contributed by atoms with E-state index in [1.165, 1.54) is 0 Å². The molecule has 0 radical (unpaired) electrons. The molecule has 0 fully saturated rings. The van der Waals surface area contributed by atoms with E-state index < -0.39 is 0 Å². The lowest BCUT2D eigenvalue weighted by Gasteiger charge is -2.14. The zero-order valence-corrected chi connectivity index (χ0v) is 9.69. The van der Waals surface area contributed by atoms with Crippen molar-refractivity contribution in [3.8, 4) is 0 Å². The van der Waals surface area contributed by atoms with Crippen molar-refractivity contribution in [2.45, 2.75) is 38.7 Å². The summed E-state index contributed by atoms with van der Waals surface area (Å²) < 4.78 is 5.17. The number of carbonyl (C=O) groups excluding carboxylic acids is 1. The summed E-state index contributed by atoms with van der Waals surface area (Å²) in [6, 6.07) is 0. The van der Waals surface area contributed by atoms with Gasteiger partial charge in [-0.25, -0.2) is 9.97 Å². The number of fused-ring (bicyclic) bond motifs is 1. The molecule has 1 atom stereocenters. The van der Waals surface area contributed by atoms with Gasteiger partial charge in [0.2, 0.25) is 0 Å². The molecule has 1 aromatic heterocycles. The normalized spacial score (nSPS) is 17.0. The molecule has 0 aliphatic heterocycles. The van der Waals surface area contributed by atoms with E-state index in [1.807, 2.05) is 6.92 Å². The molecule has 16 heavy (non-hydrogen) atoms. The minimum absolute atomic E-state index is 0.109. The van der Waals surface area contributed by atoms with Crippen LogP contribution < -0.4 is 0 Å². The Labute approximate surface area is 95.1 Å². The average Bonchev–Trinajstić information content (AvgIpc) is 2.29. The molecule has 0 saturated carbocycles. The van der Waals surface area contributed by atoms with Gasteiger partial charge in [-0.3, -0.25) is 4.79 Å². The number of carbonyl (C=O) groups is 1. The van der Waals surface area contributed by atoms with Crippen LogP contribution in [0, 0.1) is 0 Å². The van der Waals surface area contributed by atoms with Crippen molar-refractivity contribution in [1.82, 2.24) is 9.97 Å². The Hall–Kier alpha value is -1.29. The maximum Gasteiger partial charge on any atom is 0.166 e. The number of ketones is 1. The molecule has 86 valence electrons. The molecular weight excluding hydrogens is 204 g/mol. The van der Waals surface area contributed by atoms with Gasteiger partial charge in [0.25, 0.3) is 0 Å². The second kappa shape index (κ2) is 4.70. The first kappa shape index (κ1) is 11.2. The zero-order valence-electron chi connectivity index (χ0n) is 9.69. The summed E-state index contributed by atoms with van der Waals surface area (Å²) in [5.74, 6) is 0.940. The molecule has 1 heterocycles.